The van der Waals surface area contributed by atoms with Gasteiger partial charge in [0.25, 0.3) is 0 Å². The van der Waals surface area contributed by atoms with Crippen molar-refractivity contribution < 1.29 is 13.5 Å². The van der Waals surface area contributed by atoms with E-state index in [0.29, 0.717) is 30.2 Å². The van der Waals surface area contributed by atoms with Gasteiger partial charge in [-0.2, -0.15) is 0 Å². The number of nitrogens with two attached hydrogens (primary N) is 1. The Kier molecular flexibility index (Phi) is 4.02. The zero-order chi connectivity index (χ0) is 14.1. The van der Waals surface area contributed by atoms with Crippen LogP contribution < -0.4 is 10.5 Å². The molecule has 0 spiro atoms. The molecular weight excluding hydrogens is 272 g/mol. The Bertz CT molecular complexity index is 455. The van der Waals surface area contributed by atoms with Crippen molar-refractivity contribution in [2.24, 2.45) is 5.73 Å². The second-order valence-corrected chi connectivity index (χ2v) is 5.60. The fraction of sp³-hybridized carbons (Fsp3) is 0.571. The molecule has 0 atom stereocenters. The number of alkyl halides is 2. The van der Waals surface area contributed by atoms with Gasteiger partial charge in [0.2, 0.25) is 5.92 Å². The Morgan fingerprint density at radius 3 is 2.42 bits per heavy atom. The van der Waals surface area contributed by atoms with Crippen LogP contribution >= 0.6 is 11.6 Å². The molecule has 0 aromatic heterocycles. The Morgan fingerprint density at radius 1 is 1.26 bits per heavy atom. The third-order valence-electron chi connectivity index (χ3n) is 4.09. The van der Waals surface area contributed by atoms with Crippen LogP contribution in [0.1, 0.15) is 31.2 Å². The molecule has 0 heterocycles. The molecule has 0 bridgehead atoms. The zero-order valence-electron chi connectivity index (χ0n) is 10.9. The van der Waals surface area contributed by atoms with Crippen LogP contribution in [-0.4, -0.2) is 19.6 Å². The van der Waals surface area contributed by atoms with E-state index in [4.69, 9.17) is 22.1 Å². The molecule has 1 fully saturated rings. The van der Waals surface area contributed by atoms with E-state index in [0.717, 1.165) is 5.56 Å². The summed E-state index contributed by atoms with van der Waals surface area (Å²) >= 11 is 5.99. The molecule has 0 amide bonds. The van der Waals surface area contributed by atoms with Crippen LogP contribution in [0.2, 0.25) is 5.02 Å². The van der Waals surface area contributed by atoms with Crippen LogP contribution in [0.15, 0.2) is 18.2 Å². The summed E-state index contributed by atoms with van der Waals surface area (Å²) in [5, 5.41) is 0.513. The molecular formula is C14H18ClF2NO. The summed E-state index contributed by atoms with van der Waals surface area (Å²) in [6.45, 7) is 0.355. The van der Waals surface area contributed by atoms with Crippen LogP contribution in [0.4, 0.5) is 8.78 Å². The summed E-state index contributed by atoms with van der Waals surface area (Å²) in [5.41, 5.74) is 6.42. The molecule has 0 unspecified atom stereocenters. The van der Waals surface area contributed by atoms with E-state index >= 15 is 0 Å². The van der Waals surface area contributed by atoms with Crippen LogP contribution in [-0.2, 0) is 5.41 Å². The highest BCUT2D eigenvalue weighted by atomic mass is 35.5. The molecule has 19 heavy (non-hydrogen) atoms. The van der Waals surface area contributed by atoms with Crippen molar-refractivity contribution in [3.05, 3.63) is 28.8 Å². The molecule has 106 valence electrons. The van der Waals surface area contributed by atoms with Gasteiger partial charge in [-0.05, 0) is 30.5 Å². The maximum absolute atomic E-state index is 13.3. The van der Waals surface area contributed by atoms with Crippen molar-refractivity contribution >= 4 is 11.6 Å². The van der Waals surface area contributed by atoms with Crippen molar-refractivity contribution in [3.8, 4) is 5.75 Å². The molecule has 1 aromatic rings. The average Bonchev–Trinajstić information content (AvgIpc) is 2.40. The standard InChI is InChI=1S/C14H18ClF2NO/c1-19-12-8-10(2-3-11(12)15)13(9-18)4-6-14(16,17)7-5-13/h2-3,8H,4-7,9,18H2,1H3. The first kappa shape index (κ1) is 14.5. The lowest BCUT2D eigenvalue weighted by molar-refractivity contribution is -0.0509. The normalized spacial score (nSPS) is 21.1. The summed E-state index contributed by atoms with van der Waals surface area (Å²) < 4.78 is 31.8. The van der Waals surface area contributed by atoms with Gasteiger partial charge in [-0.15, -0.1) is 0 Å². The van der Waals surface area contributed by atoms with Gasteiger partial charge in [-0.1, -0.05) is 17.7 Å². The van der Waals surface area contributed by atoms with Crippen LogP contribution in [0.5, 0.6) is 5.75 Å². The van der Waals surface area contributed by atoms with E-state index in [1.807, 2.05) is 12.1 Å². The molecule has 1 aromatic carbocycles. The molecule has 1 aliphatic rings. The molecule has 2 nitrogen and oxygen atoms in total. The molecule has 2 rings (SSSR count). The first-order valence-electron chi connectivity index (χ1n) is 6.34. The summed E-state index contributed by atoms with van der Waals surface area (Å²) in [5.74, 6) is -2.00. The lowest BCUT2D eigenvalue weighted by atomic mass is 9.68. The topological polar surface area (TPSA) is 35.2 Å². The van der Waals surface area contributed by atoms with Crippen LogP contribution in [0.25, 0.3) is 0 Å². The Hall–Kier alpha value is -0.870. The third-order valence-corrected chi connectivity index (χ3v) is 4.41. The van der Waals surface area contributed by atoms with Crippen molar-refractivity contribution in [2.45, 2.75) is 37.0 Å². The second-order valence-electron chi connectivity index (χ2n) is 5.19. The highest BCUT2D eigenvalue weighted by Gasteiger charge is 2.43. The number of rotatable bonds is 3. The summed E-state index contributed by atoms with van der Waals surface area (Å²) in [7, 11) is 1.54. The maximum Gasteiger partial charge on any atom is 0.248 e. The van der Waals surface area contributed by atoms with E-state index in [1.165, 1.54) is 7.11 Å². The average molecular weight is 290 g/mol. The quantitative estimate of drug-likeness (QED) is 0.920. The van der Waals surface area contributed by atoms with Crippen molar-refractivity contribution in [1.29, 1.82) is 0 Å². The molecule has 0 aliphatic heterocycles. The first-order chi connectivity index (χ1) is 8.92. The van der Waals surface area contributed by atoms with E-state index in [-0.39, 0.29) is 18.3 Å². The van der Waals surface area contributed by atoms with E-state index in [2.05, 4.69) is 0 Å². The van der Waals surface area contributed by atoms with Gasteiger partial charge in [-0.25, -0.2) is 8.78 Å². The molecule has 0 saturated heterocycles. The van der Waals surface area contributed by atoms with Crippen molar-refractivity contribution in [3.63, 3.8) is 0 Å². The number of methoxy groups -OCH3 is 1. The molecule has 1 aliphatic carbocycles. The predicted octanol–water partition coefficient (Wildman–Crippen LogP) is 3.75. The number of hydrogen-bond acceptors (Lipinski definition) is 2. The van der Waals surface area contributed by atoms with Gasteiger partial charge in [0.15, 0.2) is 0 Å². The highest BCUT2D eigenvalue weighted by molar-refractivity contribution is 6.32. The molecule has 5 heteroatoms. The Balaban J connectivity index is 2.32. The molecule has 0 radical (unpaired) electrons. The van der Waals surface area contributed by atoms with E-state index in [1.54, 1.807) is 6.07 Å². The van der Waals surface area contributed by atoms with Gasteiger partial charge < -0.3 is 10.5 Å². The lowest BCUT2D eigenvalue weighted by Gasteiger charge is -2.40. The second kappa shape index (κ2) is 5.25. The molecule has 1 saturated carbocycles. The molecule has 2 N–H and O–H groups in total. The van der Waals surface area contributed by atoms with Gasteiger partial charge in [-0.3, -0.25) is 0 Å². The summed E-state index contributed by atoms with van der Waals surface area (Å²) in [4.78, 5) is 0. The summed E-state index contributed by atoms with van der Waals surface area (Å²) in [6.07, 6.45) is 0.548. The van der Waals surface area contributed by atoms with Gasteiger partial charge in [0.1, 0.15) is 5.75 Å². The summed E-state index contributed by atoms with van der Waals surface area (Å²) in [6, 6.07) is 5.42. The third kappa shape index (κ3) is 2.84. The number of ether oxygens (including phenoxy) is 1. The first-order valence-corrected chi connectivity index (χ1v) is 6.72. The van der Waals surface area contributed by atoms with E-state index < -0.39 is 5.92 Å². The minimum atomic E-state index is -2.56. The number of hydrogen-bond donors (Lipinski definition) is 1. The monoisotopic (exact) mass is 289 g/mol. The predicted molar refractivity (Wildman–Crippen MR) is 72.2 cm³/mol. The lowest BCUT2D eigenvalue weighted by Crippen LogP contribution is -2.42. The number of halogens is 3. The van der Waals surface area contributed by atoms with Gasteiger partial charge in [0.05, 0.1) is 12.1 Å². The van der Waals surface area contributed by atoms with Crippen molar-refractivity contribution in [2.75, 3.05) is 13.7 Å². The Labute approximate surface area is 116 Å². The fourth-order valence-electron chi connectivity index (χ4n) is 2.69. The smallest absolute Gasteiger partial charge is 0.248 e. The van der Waals surface area contributed by atoms with Crippen molar-refractivity contribution in [1.82, 2.24) is 0 Å². The minimum absolute atomic E-state index is 0.116. The SMILES string of the molecule is COc1cc(C2(CN)CCC(F)(F)CC2)ccc1Cl. The zero-order valence-corrected chi connectivity index (χ0v) is 11.6. The van der Waals surface area contributed by atoms with E-state index in [9.17, 15) is 8.78 Å². The van der Waals surface area contributed by atoms with Crippen LogP contribution in [0.3, 0.4) is 0 Å². The highest BCUT2D eigenvalue weighted by Crippen LogP contribution is 2.46. The Morgan fingerprint density at radius 2 is 1.89 bits per heavy atom. The van der Waals surface area contributed by atoms with Gasteiger partial charge >= 0.3 is 0 Å². The fourth-order valence-corrected chi connectivity index (χ4v) is 2.89. The van der Waals surface area contributed by atoms with Gasteiger partial charge in [0, 0.05) is 24.8 Å². The van der Waals surface area contributed by atoms with Crippen LogP contribution in [0, 0.1) is 0 Å². The number of benzene rings is 1. The largest absolute Gasteiger partial charge is 0.495 e. The minimum Gasteiger partial charge on any atom is -0.495 e. The maximum atomic E-state index is 13.3.